The van der Waals surface area contributed by atoms with E-state index in [1.807, 2.05) is 30.3 Å². The summed E-state index contributed by atoms with van der Waals surface area (Å²) in [6, 6.07) is 12.2. The molecule has 0 aliphatic carbocycles. The number of methoxy groups -OCH3 is 1. The number of hydrogen-bond donors (Lipinski definition) is 1. The number of carbonyl (C=O) groups is 1. The molecule has 0 saturated heterocycles. The minimum absolute atomic E-state index is 0.0568. The van der Waals surface area contributed by atoms with Crippen molar-refractivity contribution in [1.29, 1.82) is 0 Å². The average molecular weight is 343 g/mol. The van der Waals surface area contributed by atoms with E-state index in [4.69, 9.17) is 16.3 Å². The van der Waals surface area contributed by atoms with E-state index < -0.39 is 0 Å². The molecular formula is C18H15ClN2O3. The first-order chi connectivity index (χ1) is 11.5. The maximum atomic E-state index is 12.7. The Labute approximate surface area is 144 Å². The van der Waals surface area contributed by atoms with Gasteiger partial charge in [0, 0.05) is 6.07 Å². The summed E-state index contributed by atoms with van der Waals surface area (Å²) >= 11 is 6.16. The number of halogens is 1. The van der Waals surface area contributed by atoms with Gasteiger partial charge in [0.05, 0.1) is 29.1 Å². The van der Waals surface area contributed by atoms with Crippen molar-refractivity contribution in [1.82, 2.24) is 0 Å². The van der Waals surface area contributed by atoms with Crippen molar-refractivity contribution in [3.8, 4) is 11.5 Å². The molecule has 2 aromatic rings. The Morgan fingerprint density at radius 3 is 2.62 bits per heavy atom. The number of benzene rings is 2. The van der Waals surface area contributed by atoms with Crippen molar-refractivity contribution >= 4 is 35.0 Å². The van der Waals surface area contributed by atoms with Crippen molar-refractivity contribution < 1.29 is 14.6 Å². The van der Waals surface area contributed by atoms with Crippen molar-refractivity contribution in [3.05, 3.63) is 58.6 Å². The van der Waals surface area contributed by atoms with Crippen molar-refractivity contribution in [3.63, 3.8) is 0 Å². The Kier molecular flexibility index (Phi) is 4.27. The van der Waals surface area contributed by atoms with Gasteiger partial charge in [-0.15, -0.1) is 0 Å². The highest BCUT2D eigenvalue weighted by molar-refractivity contribution is 6.35. The molecule has 1 amide bonds. The zero-order chi connectivity index (χ0) is 17.3. The van der Waals surface area contributed by atoms with Gasteiger partial charge in [-0.05, 0) is 36.8 Å². The maximum absolute atomic E-state index is 12.7. The van der Waals surface area contributed by atoms with Gasteiger partial charge in [-0.1, -0.05) is 29.8 Å². The molecule has 0 radical (unpaired) electrons. The zero-order valence-electron chi connectivity index (χ0n) is 13.2. The third-order valence-corrected chi connectivity index (χ3v) is 3.99. The highest BCUT2D eigenvalue weighted by Crippen LogP contribution is 2.34. The standard InChI is InChI=1S/C18H15ClN2O3/c1-11-14(8-12-9-17(24-2)16(22)10-15(12)19)18(23)21(20-11)13-6-4-3-5-7-13/h3-10,22H,1-2H3/b14-8+. The Hall–Kier alpha value is -2.79. The van der Waals surface area contributed by atoms with Crippen LogP contribution in [0.2, 0.25) is 5.02 Å². The number of anilines is 1. The summed E-state index contributed by atoms with van der Waals surface area (Å²) < 4.78 is 5.09. The van der Waals surface area contributed by atoms with E-state index >= 15 is 0 Å². The van der Waals surface area contributed by atoms with Crippen LogP contribution in [0.25, 0.3) is 6.08 Å². The van der Waals surface area contributed by atoms with Gasteiger partial charge in [-0.3, -0.25) is 4.79 Å². The van der Waals surface area contributed by atoms with Gasteiger partial charge in [-0.2, -0.15) is 10.1 Å². The fraction of sp³-hybridized carbons (Fsp3) is 0.111. The number of hydrazone groups is 1. The summed E-state index contributed by atoms with van der Waals surface area (Å²) in [5.41, 5.74) is 2.29. The predicted molar refractivity (Wildman–Crippen MR) is 94.7 cm³/mol. The lowest BCUT2D eigenvalue weighted by molar-refractivity contribution is -0.114. The second-order valence-corrected chi connectivity index (χ2v) is 5.65. The van der Waals surface area contributed by atoms with E-state index in [9.17, 15) is 9.90 Å². The lowest BCUT2D eigenvalue weighted by Crippen LogP contribution is -2.21. The molecule has 1 heterocycles. The Morgan fingerprint density at radius 1 is 1.25 bits per heavy atom. The lowest BCUT2D eigenvalue weighted by Gasteiger charge is -2.11. The van der Waals surface area contributed by atoms with Gasteiger partial charge < -0.3 is 9.84 Å². The van der Waals surface area contributed by atoms with Gasteiger partial charge in [0.2, 0.25) is 0 Å². The van der Waals surface area contributed by atoms with Gasteiger partial charge in [0.25, 0.3) is 5.91 Å². The first-order valence-corrected chi connectivity index (χ1v) is 7.62. The van der Waals surface area contributed by atoms with Crippen LogP contribution in [-0.4, -0.2) is 23.8 Å². The molecule has 0 saturated carbocycles. The molecule has 5 nitrogen and oxygen atoms in total. The second kappa shape index (κ2) is 6.37. The molecule has 1 aliphatic rings. The molecule has 24 heavy (non-hydrogen) atoms. The monoisotopic (exact) mass is 342 g/mol. The quantitative estimate of drug-likeness (QED) is 0.861. The van der Waals surface area contributed by atoms with Crippen LogP contribution in [0.4, 0.5) is 5.69 Å². The van der Waals surface area contributed by atoms with Gasteiger partial charge >= 0.3 is 0 Å². The fourth-order valence-electron chi connectivity index (χ4n) is 2.42. The van der Waals surface area contributed by atoms with E-state index in [2.05, 4.69) is 5.10 Å². The van der Waals surface area contributed by atoms with Gasteiger partial charge in [-0.25, -0.2) is 0 Å². The number of amides is 1. The smallest absolute Gasteiger partial charge is 0.280 e. The van der Waals surface area contributed by atoms with Crippen LogP contribution in [0.5, 0.6) is 11.5 Å². The molecular weight excluding hydrogens is 328 g/mol. The van der Waals surface area contributed by atoms with Crippen LogP contribution in [0.3, 0.4) is 0 Å². The first kappa shape index (κ1) is 16.1. The minimum atomic E-state index is -0.234. The van der Waals surface area contributed by atoms with Gasteiger partial charge in [0.15, 0.2) is 11.5 Å². The fourth-order valence-corrected chi connectivity index (χ4v) is 2.63. The predicted octanol–water partition coefficient (Wildman–Crippen LogP) is 3.86. The molecule has 2 aromatic carbocycles. The molecule has 122 valence electrons. The van der Waals surface area contributed by atoms with Gasteiger partial charge in [0.1, 0.15) is 0 Å². The molecule has 1 aliphatic heterocycles. The molecule has 1 N–H and O–H groups in total. The Morgan fingerprint density at radius 2 is 1.96 bits per heavy atom. The van der Waals surface area contributed by atoms with Crippen LogP contribution in [0.1, 0.15) is 12.5 Å². The van der Waals surface area contributed by atoms with Crippen LogP contribution < -0.4 is 9.75 Å². The van der Waals surface area contributed by atoms with Crippen molar-refractivity contribution in [2.75, 3.05) is 12.1 Å². The summed E-state index contributed by atoms with van der Waals surface area (Å²) in [5.74, 6) is -0.00767. The lowest BCUT2D eigenvalue weighted by atomic mass is 10.1. The molecule has 0 atom stereocenters. The number of rotatable bonds is 3. The van der Waals surface area contributed by atoms with E-state index in [1.54, 1.807) is 19.1 Å². The van der Waals surface area contributed by atoms with Crippen molar-refractivity contribution in [2.24, 2.45) is 5.10 Å². The highest BCUT2D eigenvalue weighted by atomic mass is 35.5. The van der Waals surface area contributed by atoms with E-state index in [0.717, 1.165) is 0 Å². The minimum Gasteiger partial charge on any atom is -0.504 e. The second-order valence-electron chi connectivity index (χ2n) is 5.24. The maximum Gasteiger partial charge on any atom is 0.280 e. The van der Waals surface area contributed by atoms with E-state index in [1.165, 1.54) is 18.2 Å². The number of ether oxygens (including phenoxy) is 1. The molecule has 3 rings (SSSR count). The number of para-hydroxylation sites is 1. The third-order valence-electron chi connectivity index (χ3n) is 3.66. The highest BCUT2D eigenvalue weighted by Gasteiger charge is 2.28. The Balaban J connectivity index is 2.00. The van der Waals surface area contributed by atoms with E-state index in [-0.39, 0.29) is 17.4 Å². The van der Waals surface area contributed by atoms with Crippen molar-refractivity contribution in [2.45, 2.75) is 6.92 Å². The number of hydrogen-bond acceptors (Lipinski definition) is 4. The summed E-state index contributed by atoms with van der Waals surface area (Å²) in [6.45, 7) is 1.76. The molecule has 0 fully saturated rings. The third kappa shape index (κ3) is 2.86. The largest absolute Gasteiger partial charge is 0.504 e. The Bertz CT molecular complexity index is 860. The number of aromatic hydroxyl groups is 1. The average Bonchev–Trinajstić information content (AvgIpc) is 2.86. The number of carbonyl (C=O) groups excluding carboxylic acids is 1. The number of nitrogens with zero attached hydrogens (tertiary/aromatic N) is 2. The summed E-state index contributed by atoms with van der Waals surface area (Å²) in [7, 11) is 1.45. The van der Waals surface area contributed by atoms with E-state index in [0.29, 0.717) is 27.6 Å². The van der Waals surface area contributed by atoms with Crippen LogP contribution in [-0.2, 0) is 4.79 Å². The summed E-state index contributed by atoms with van der Waals surface area (Å²) in [6.07, 6.45) is 1.65. The van der Waals surface area contributed by atoms with Crippen LogP contribution in [0.15, 0.2) is 53.1 Å². The molecule has 0 unspecified atom stereocenters. The number of phenols is 1. The SMILES string of the molecule is COc1cc(/C=C2/C(=O)N(c3ccccc3)N=C2C)c(Cl)cc1O. The molecule has 0 bridgehead atoms. The zero-order valence-corrected chi connectivity index (χ0v) is 13.9. The van der Waals surface area contributed by atoms with Crippen LogP contribution >= 0.6 is 11.6 Å². The topological polar surface area (TPSA) is 62.1 Å². The summed E-state index contributed by atoms with van der Waals surface area (Å²) in [4.78, 5) is 12.7. The molecule has 6 heteroatoms. The first-order valence-electron chi connectivity index (χ1n) is 7.24. The number of phenolic OH excluding ortho intramolecular Hbond substituents is 1. The normalized spacial score (nSPS) is 15.8. The summed E-state index contributed by atoms with van der Waals surface area (Å²) in [5, 5.41) is 15.7. The molecule has 0 aromatic heterocycles. The van der Waals surface area contributed by atoms with Crippen LogP contribution in [0, 0.1) is 0 Å². The molecule has 0 spiro atoms.